The van der Waals surface area contributed by atoms with E-state index in [0.29, 0.717) is 17.4 Å². The Bertz CT molecular complexity index is 570. The first kappa shape index (κ1) is 14.8. The third kappa shape index (κ3) is 3.77. The van der Waals surface area contributed by atoms with Gasteiger partial charge in [0.25, 0.3) is 0 Å². The summed E-state index contributed by atoms with van der Waals surface area (Å²) in [7, 11) is -2.79. The maximum atomic E-state index is 11.4. The minimum atomic E-state index is -2.79. The summed E-state index contributed by atoms with van der Waals surface area (Å²) in [5.74, 6) is 1.76. The monoisotopic (exact) mass is 313 g/mol. The van der Waals surface area contributed by atoms with Crippen LogP contribution in [0.3, 0.4) is 0 Å². The molecule has 0 spiro atoms. The first-order valence-corrected chi connectivity index (χ1v) is 9.49. The summed E-state index contributed by atoms with van der Waals surface area (Å²) >= 11 is 0. The average Bonchev–Trinajstić information content (AvgIpc) is 3.03. The number of hydrogen-bond donors (Lipinski definition) is 1. The zero-order valence-corrected chi connectivity index (χ0v) is 13.0. The van der Waals surface area contributed by atoms with Gasteiger partial charge < -0.3 is 10.5 Å². The van der Waals surface area contributed by atoms with Crippen molar-refractivity contribution in [2.75, 3.05) is 11.5 Å². The number of sulfone groups is 1. The molecule has 2 heterocycles. The van der Waals surface area contributed by atoms with Crippen molar-refractivity contribution >= 4 is 9.84 Å². The molecule has 0 amide bonds. The summed E-state index contributed by atoms with van der Waals surface area (Å²) in [5, 5.41) is 4.32. The highest BCUT2D eigenvalue weighted by molar-refractivity contribution is 7.91. The largest absolute Gasteiger partial charge is 0.486 e. The molecule has 118 valence electrons. The van der Waals surface area contributed by atoms with Crippen molar-refractivity contribution in [3.8, 4) is 5.75 Å². The SMILES string of the molecule is N[C@H]1CCC[C@H]1Oc1cnn(CC2CCS(=O)(=O)CC2)c1. The van der Waals surface area contributed by atoms with Gasteiger partial charge in [0.2, 0.25) is 0 Å². The van der Waals surface area contributed by atoms with E-state index in [1.807, 2.05) is 10.9 Å². The molecular weight excluding hydrogens is 290 g/mol. The van der Waals surface area contributed by atoms with Gasteiger partial charge in [-0.15, -0.1) is 0 Å². The highest BCUT2D eigenvalue weighted by atomic mass is 32.2. The van der Waals surface area contributed by atoms with E-state index >= 15 is 0 Å². The molecule has 1 aromatic heterocycles. The van der Waals surface area contributed by atoms with E-state index in [1.54, 1.807) is 6.20 Å². The van der Waals surface area contributed by atoms with Gasteiger partial charge in [-0.3, -0.25) is 4.68 Å². The van der Waals surface area contributed by atoms with E-state index in [1.165, 1.54) is 0 Å². The normalized spacial score (nSPS) is 29.6. The zero-order chi connectivity index (χ0) is 14.9. The molecule has 0 aromatic carbocycles. The Morgan fingerprint density at radius 1 is 1.29 bits per heavy atom. The highest BCUT2D eigenvalue weighted by Gasteiger charge is 2.26. The van der Waals surface area contributed by atoms with Crippen molar-refractivity contribution in [1.29, 1.82) is 0 Å². The molecule has 21 heavy (non-hydrogen) atoms. The molecule has 1 aromatic rings. The number of rotatable bonds is 4. The Balaban J connectivity index is 1.53. The number of nitrogens with two attached hydrogens (primary N) is 1. The van der Waals surface area contributed by atoms with Crippen molar-refractivity contribution in [2.45, 2.75) is 50.8 Å². The van der Waals surface area contributed by atoms with Crippen LogP contribution in [0.5, 0.6) is 5.75 Å². The maximum absolute atomic E-state index is 11.4. The van der Waals surface area contributed by atoms with E-state index in [4.69, 9.17) is 10.5 Å². The van der Waals surface area contributed by atoms with Gasteiger partial charge in [0.1, 0.15) is 15.9 Å². The Morgan fingerprint density at radius 3 is 2.71 bits per heavy atom. The highest BCUT2D eigenvalue weighted by Crippen LogP contribution is 2.24. The number of hydrogen-bond acceptors (Lipinski definition) is 5. The predicted molar refractivity (Wildman–Crippen MR) is 79.8 cm³/mol. The molecule has 1 aliphatic heterocycles. The van der Waals surface area contributed by atoms with Crippen molar-refractivity contribution in [2.24, 2.45) is 11.7 Å². The summed E-state index contributed by atoms with van der Waals surface area (Å²) in [6.07, 6.45) is 8.33. The average molecular weight is 313 g/mol. The van der Waals surface area contributed by atoms with Gasteiger partial charge in [-0.25, -0.2) is 8.42 Å². The predicted octanol–water partition coefficient (Wildman–Crippen LogP) is 0.966. The molecule has 3 rings (SSSR count). The Morgan fingerprint density at radius 2 is 2.05 bits per heavy atom. The molecule has 0 bridgehead atoms. The van der Waals surface area contributed by atoms with Gasteiger partial charge in [-0.05, 0) is 38.0 Å². The van der Waals surface area contributed by atoms with Crippen LogP contribution in [0, 0.1) is 5.92 Å². The molecule has 1 saturated carbocycles. The molecule has 0 unspecified atom stereocenters. The topological polar surface area (TPSA) is 87.2 Å². The molecule has 7 heteroatoms. The van der Waals surface area contributed by atoms with E-state index in [-0.39, 0.29) is 12.1 Å². The second kappa shape index (κ2) is 5.96. The lowest BCUT2D eigenvalue weighted by molar-refractivity contribution is 0.191. The van der Waals surface area contributed by atoms with Crippen molar-refractivity contribution in [1.82, 2.24) is 9.78 Å². The summed E-state index contributed by atoms with van der Waals surface area (Å²) in [4.78, 5) is 0. The number of ether oxygens (including phenoxy) is 1. The molecule has 0 radical (unpaired) electrons. The smallest absolute Gasteiger partial charge is 0.157 e. The molecule has 2 aliphatic rings. The zero-order valence-electron chi connectivity index (χ0n) is 12.1. The number of nitrogens with zero attached hydrogens (tertiary/aromatic N) is 2. The van der Waals surface area contributed by atoms with Crippen molar-refractivity contribution < 1.29 is 13.2 Å². The van der Waals surface area contributed by atoms with E-state index in [9.17, 15) is 8.42 Å². The standard InChI is InChI=1S/C14H23N3O3S/c15-13-2-1-3-14(13)20-12-8-16-17(10-12)9-11-4-6-21(18,19)7-5-11/h8,10-11,13-14H,1-7,9,15H2/t13-,14+/m0/s1. The first-order valence-electron chi connectivity index (χ1n) is 7.67. The van der Waals surface area contributed by atoms with Crippen LogP contribution in [0.15, 0.2) is 12.4 Å². The molecule has 2 fully saturated rings. The summed E-state index contributed by atoms with van der Waals surface area (Å²) in [6, 6.07) is 0.122. The van der Waals surface area contributed by atoms with Crippen LogP contribution < -0.4 is 10.5 Å². The summed E-state index contributed by atoms with van der Waals surface area (Å²) in [5.41, 5.74) is 6.00. The minimum absolute atomic E-state index is 0.0995. The molecule has 1 aliphatic carbocycles. The van der Waals surface area contributed by atoms with Crippen LogP contribution >= 0.6 is 0 Å². The second-order valence-electron chi connectivity index (χ2n) is 6.24. The Kier molecular flexibility index (Phi) is 4.21. The number of aromatic nitrogens is 2. The van der Waals surface area contributed by atoms with E-state index in [2.05, 4.69) is 5.10 Å². The lowest BCUT2D eigenvalue weighted by atomic mass is 10.0. The van der Waals surface area contributed by atoms with Crippen LogP contribution in [-0.4, -0.2) is 41.8 Å². The van der Waals surface area contributed by atoms with Crippen LogP contribution in [0.1, 0.15) is 32.1 Å². The third-order valence-corrected chi connectivity index (χ3v) is 6.24. The van der Waals surface area contributed by atoms with Gasteiger partial charge in [0, 0.05) is 12.6 Å². The maximum Gasteiger partial charge on any atom is 0.157 e. The van der Waals surface area contributed by atoms with Gasteiger partial charge in [-0.2, -0.15) is 5.10 Å². The van der Waals surface area contributed by atoms with E-state index in [0.717, 1.165) is 44.4 Å². The minimum Gasteiger partial charge on any atom is -0.486 e. The van der Waals surface area contributed by atoms with Crippen LogP contribution in [0.4, 0.5) is 0 Å². The van der Waals surface area contributed by atoms with Crippen LogP contribution in [-0.2, 0) is 16.4 Å². The van der Waals surface area contributed by atoms with Gasteiger partial charge in [-0.1, -0.05) is 0 Å². The second-order valence-corrected chi connectivity index (χ2v) is 8.55. The quantitative estimate of drug-likeness (QED) is 0.895. The van der Waals surface area contributed by atoms with Crippen LogP contribution in [0.25, 0.3) is 0 Å². The van der Waals surface area contributed by atoms with Crippen molar-refractivity contribution in [3.05, 3.63) is 12.4 Å². The Labute approximate surface area is 125 Å². The fourth-order valence-corrected chi connectivity index (χ4v) is 4.76. The Hall–Kier alpha value is -1.08. The van der Waals surface area contributed by atoms with Gasteiger partial charge >= 0.3 is 0 Å². The molecule has 2 N–H and O–H groups in total. The fraction of sp³-hybridized carbons (Fsp3) is 0.786. The third-order valence-electron chi connectivity index (χ3n) is 4.52. The lowest BCUT2D eigenvalue weighted by Gasteiger charge is -2.21. The van der Waals surface area contributed by atoms with Gasteiger partial charge in [0.05, 0.1) is 23.9 Å². The molecule has 2 atom stereocenters. The van der Waals surface area contributed by atoms with Crippen LogP contribution in [0.2, 0.25) is 0 Å². The molecular formula is C14H23N3O3S. The van der Waals surface area contributed by atoms with E-state index < -0.39 is 9.84 Å². The molecule has 1 saturated heterocycles. The summed E-state index contributed by atoms with van der Waals surface area (Å²) < 4.78 is 30.6. The fourth-order valence-electron chi connectivity index (χ4n) is 3.17. The first-order chi connectivity index (χ1) is 10.0. The lowest BCUT2D eigenvalue weighted by Crippen LogP contribution is -2.33. The van der Waals surface area contributed by atoms with Crippen molar-refractivity contribution in [3.63, 3.8) is 0 Å². The van der Waals surface area contributed by atoms with Gasteiger partial charge in [0.15, 0.2) is 5.75 Å². The molecule has 6 nitrogen and oxygen atoms in total. The summed E-state index contributed by atoms with van der Waals surface area (Å²) in [6.45, 7) is 0.760.